The number of aromatic amines is 1. The molecular formula is C11H7Br2N3O3. The standard InChI is InChI=1S/C11H7Br2N3O3/c12-6-3-10(14-5-6)11(17)15-9-4-7(16(18)19)1-2-8(9)13/h1-5,14H,(H,15,17). The molecule has 0 radical (unpaired) electrons. The summed E-state index contributed by atoms with van der Waals surface area (Å²) in [6.07, 6.45) is 1.62. The molecule has 1 heterocycles. The van der Waals surface area contributed by atoms with Gasteiger partial charge in [-0.15, -0.1) is 0 Å². The quantitative estimate of drug-likeness (QED) is 0.620. The Labute approximate surface area is 124 Å². The van der Waals surface area contributed by atoms with Crippen LogP contribution in [0.1, 0.15) is 10.5 Å². The molecule has 2 aromatic rings. The zero-order valence-corrected chi connectivity index (χ0v) is 12.5. The number of carbonyl (C=O) groups is 1. The maximum Gasteiger partial charge on any atom is 0.272 e. The lowest BCUT2D eigenvalue weighted by atomic mass is 10.2. The molecule has 2 N–H and O–H groups in total. The van der Waals surface area contributed by atoms with E-state index in [1.54, 1.807) is 12.3 Å². The highest BCUT2D eigenvalue weighted by atomic mass is 79.9. The number of hydrogen-bond donors (Lipinski definition) is 2. The molecule has 0 aliphatic rings. The van der Waals surface area contributed by atoms with Crippen LogP contribution in [-0.2, 0) is 0 Å². The number of amides is 1. The lowest BCUT2D eigenvalue weighted by molar-refractivity contribution is -0.384. The minimum absolute atomic E-state index is 0.0915. The number of aromatic nitrogens is 1. The molecule has 1 aromatic heterocycles. The molecule has 6 nitrogen and oxygen atoms in total. The highest BCUT2D eigenvalue weighted by Gasteiger charge is 2.13. The highest BCUT2D eigenvalue weighted by Crippen LogP contribution is 2.27. The van der Waals surface area contributed by atoms with Crippen LogP contribution in [-0.4, -0.2) is 15.8 Å². The molecule has 0 bridgehead atoms. The van der Waals surface area contributed by atoms with Gasteiger partial charge in [-0.25, -0.2) is 0 Å². The zero-order valence-electron chi connectivity index (χ0n) is 9.31. The van der Waals surface area contributed by atoms with Crippen LogP contribution in [0.5, 0.6) is 0 Å². The van der Waals surface area contributed by atoms with Gasteiger partial charge in [0, 0.05) is 27.3 Å². The smallest absolute Gasteiger partial charge is 0.272 e. The van der Waals surface area contributed by atoms with Gasteiger partial charge in [0.25, 0.3) is 11.6 Å². The SMILES string of the molecule is O=C(Nc1cc([N+](=O)[O-])ccc1Br)c1cc(Br)c[nH]1. The summed E-state index contributed by atoms with van der Waals surface area (Å²) in [6, 6.07) is 5.77. The van der Waals surface area contributed by atoms with Crippen LogP contribution in [0.4, 0.5) is 11.4 Å². The van der Waals surface area contributed by atoms with Crippen LogP contribution >= 0.6 is 31.9 Å². The second-order valence-corrected chi connectivity index (χ2v) is 5.38. The number of halogens is 2. The number of nitro benzene ring substituents is 1. The van der Waals surface area contributed by atoms with Gasteiger partial charge in [-0.3, -0.25) is 14.9 Å². The van der Waals surface area contributed by atoms with E-state index in [0.717, 1.165) is 4.47 Å². The van der Waals surface area contributed by atoms with Gasteiger partial charge in [0.2, 0.25) is 0 Å². The third-order valence-corrected chi connectivity index (χ3v) is 3.45. The van der Waals surface area contributed by atoms with E-state index in [2.05, 4.69) is 42.2 Å². The third kappa shape index (κ3) is 3.21. The first-order valence-corrected chi connectivity index (χ1v) is 6.65. The summed E-state index contributed by atoms with van der Waals surface area (Å²) in [6.45, 7) is 0. The molecule has 0 aliphatic heterocycles. The topological polar surface area (TPSA) is 88.0 Å². The van der Waals surface area contributed by atoms with E-state index in [-0.39, 0.29) is 11.6 Å². The van der Waals surface area contributed by atoms with Crippen molar-refractivity contribution in [1.29, 1.82) is 0 Å². The number of hydrogen-bond acceptors (Lipinski definition) is 3. The number of non-ortho nitro benzene ring substituents is 1. The summed E-state index contributed by atoms with van der Waals surface area (Å²) in [4.78, 5) is 24.8. The van der Waals surface area contributed by atoms with Gasteiger partial charge in [-0.2, -0.15) is 0 Å². The normalized spacial score (nSPS) is 10.2. The van der Waals surface area contributed by atoms with E-state index >= 15 is 0 Å². The fraction of sp³-hybridized carbons (Fsp3) is 0. The Morgan fingerprint density at radius 1 is 1.32 bits per heavy atom. The van der Waals surface area contributed by atoms with E-state index < -0.39 is 4.92 Å². The summed E-state index contributed by atoms with van der Waals surface area (Å²) >= 11 is 6.45. The van der Waals surface area contributed by atoms with Crippen molar-refractivity contribution < 1.29 is 9.72 Å². The molecule has 8 heteroatoms. The number of nitrogens with zero attached hydrogens (tertiary/aromatic N) is 1. The van der Waals surface area contributed by atoms with Gasteiger partial charge >= 0.3 is 0 Å². The fourth-order valence-electron chi connectivity index (χ4n) is 1.41. The van der Waals surface area contributed by atoms with Crippen LogP contribution in [0.2, 0.25) is 0 Å². The molecular weight excluding hydrogens is 382 g/mol. The number of benzene rings is 1. The number of anilines is 1. The van der Waals surface area contributed by atoms with Crippen LogP contribution in [0.15, 0.2) is 39.4 Å². The number of H-pyrrole nitrogens is 1. The van der Waals surface area contributed by atoms with Crippen molar-refractivity contribution in [3.63, 3.8) is 0 Å². The van der Waals surface area contributed by atoms with Gasteiger partial charge in [0.15, 0.2) is 0 Å². The van der Waals surface area contributed by atoms with Crippen molar-refractivity contribution in [3.8, 4) is 0 Å². The Bertz CT molecular complexity index is 654. The molecule has 0 fully saturated rings. The molecule has 0 atom stereocenters. The van der Waals surface area contributed by atoms with Crippen molar-refractivity contribution in [2.45, 2.75) is 0 Å². The van der Waals surface area contributed by atoms with Gasteiger partial charge in [0.05, 0.1) is 10.6 Å². The Morgan fingerprint density at radius 3 is 2.63 bits per heavy atom. The van der Waals surface area contributed by atoms with Gasteiger partial charge in [0.1, 0.15) is 5.69 Å². The molecule has 0 spiro atoms. The van der Waals surface area contributed by atoms with Crippen molar-refractivity contribution in [1.82, 2.24) is 4.98 Å². The molecule has 19 heavy (non-hydrogen) atoms. The number of carbonyl (C=O) groups excluding carboxylic acids is 1. The van der Waals surface area contributed by atoms with Crippen LogP contribution in [0.3, 0.4) is 0 Å². The highest BCUT2D eigenvalue weighted by molar-refractivity contribution is 9.10. The minimum Gasteiger partial charge on any atom is -0.356 e. The Kier molecular flexibility index (Phi) is 4.01. The third-order valence-electron chi connectivity index (χ3n) is 2.30. The first kappa shape index (κ1) is 13.8. The van der Waals surface area contributed by atoms with Gasteiger partial charge in [-0.05, 0) is 44.0 Å². The zero-order chi connectivity index (χ0) is 14.0. The predicted molar refractivity (Wildman–Crippen MR) is 77.2 cm³/mol. The molecule has 98 valence electrons. The minimum atomic E-state index is -0.521. The molecule has 0 saturated heterocycles. The van der Waals surface area contributed by atoms with Crippen molar-refractivity contribution in [2.24, 2.45) is 0 Å². The lowest BCUT2D eigenvalue weighted by Crippen LogP contribution is -2.12. The number of nitro groups is 1. The molecule has 0 saturated carbocycles. The van der Waals surface area contributed by atoms with E-state index in [1.807, 2.05) is 0 Å². The molecule has 2 rings (SSSR count). The van der Waals surface area contributed by atoms with Crippen molar-refractivity contribution in [3.05, 3.63) is 55.2 Å². The number of nitrogens with one attached hydrogen (secondary N) is 2. The van der Waals surface area contributed by atoms with E-state index in [0.29, 0.717) is 15.9 Å². The molecule has 1 amide bonds. The largest absolute Gasteiger partial charge is 0.356 e. The monoisotopic (exact) mass is 387 g/mol. The Hall–Kier alpha value is -1.67. The second-order valence-electron chi connectivity index (χ2n) is 3.61. The summed E-state index contributed by atoms with van der Waals surface area (Å²) in [5, 5.41) is 13.3. The number of rotatable bonds is 3. The fourth-order valence-corrected chi connectivity index (χ4v) is 2.10. The van der Waals surface area contributed by atoms with Crippen LogP contribution in [0, 0.1) is 10.1 Å². The predicted octanol–water partition coefficient (Wildman–Crippen LogP) is 3.70. The maximum atomic E-state index is 11.9. The average molecular weight is 389 g/mol. The Morgan fingerprint density at radius 2 is 2.05 bits per heavy atom. The van der Waals surface area contributed by atoms with E-state index in [9.17, 15) is 14.9 Å². The first-order valence-electron chi connectivity index (χ1n) is 5.06. The molecule has 1 aromatic carbocycles. The summed E-state index contributed by atoms with van der Waals surface area (Å²) in [7, 11) is 0. The lowest BCUT2D eigenvalue weighted by Gasteiger charge is -2.06. The average Bonchev–Trinajstić information content (AvgIpc) is 2.78. The van der Waals surface area contributed by atoms with Crippen molar-refractivity contribution in [2.75, 3.05) is 5.32 Å². The van der Waals surface area contributed by atoms with E-state index in [4.69, 9.17) is 0 Å². The van der Waals surface area contributed by atoms with Crippen molar-refractivity contribution >= 4 is 49.1 Å². The summed E-state index contributed by atoms with van der Waals surface area (Å²) in [5.41, 5.74) is 0.598. The Balaban J connectivity index is 2.25. The summed E-state index contributed by atoms with van der Waals surface area (Å²) < 4.78 is 1.31. The van der Waals surface area contributed by atoms with Crippen LogP contribution in [0.25, 0.3) is 0 Å². The second kappa shape index (κ2) is 5.54. The van der Waals surface area contributed by atoms with E-state index in [1.165, 1.54) is 18.2 Å². The molecule has 0 unspecified atom stereocenters. The van der Waals surface area contributed by atoms with Crippen LogP contribution < -0.4 is 5.32 Å². The molecule has 0 aliphatic carbocycles. The van der Waals surface area contributed by atoms with Gasteiger partial charge < -0.3 is 10.3 Å². The maximum absolute atomic E-state index is 11.9. The first-order chi connectivity index (χ1) is 8.97. The van der Waals surface area contributed by atoms with Gasteiger partial charge in [-0.1, -0.05) is 0 Å². The summed E-state index contributed by atoms with van der Waals surface area (Å²) in [5.74, 6) is -0.383.